The van der Waals surface area contributed by atoms with Gasteiger partial charge in [0.2, 0.25) is 0 Å². The Kier molecular flexibility index (Phi) is 11.4. The van der Waals surface area contributed by atoms with Crippen molar-refractivity contribution in [2.75, 3.05) is 33.3 Å². The second-order valence-corrected chi connectivity index (χ2v) is 18.7. The van der Waals surface area contributed by atoms with Crippen molar-refractivity contribution < 1.29 is 28.8 Å². The van der Waals surface area contributed by atoms with Crippen LogP contribution in [0.25, 0.3) is 0 Å². The van der Waals surface area contributed by atoms with Gasteiger partial charge >= 0.3 is 0 Å². The number of methoxy groups -OCH3 is 3. The molecule has 1 aromatic heterocycles. The van der Waals surface area contributed by atoms with Crippen molar-refractivity contribution in [3.63, 3.8) is 0 Å². The lowest BCUT2D eigenvalue weighted by Crippen LogP contribution is -2.54. The Labute approximate surface area is 306 Å². The minimum absolute atomic E-state index is 0.0109. The number of amides is 1. The van der Waals surface area contributed by atoms with E-state index < -0.39 is 8.07 Å². The molecule has 0 spiro atoms. The largest absolute Gasteiger partial charge is 0.497 e. The van der Waals surface area contributed by atoms with Gasteiger partial charge in [0.15, 0.2) is 0 Å². The molecular formula is C41H48N4O6Si. The molecule has 0 saturated heterocycles. The summed E-state index contributed by atoms with van der Waals surface area (Å²) in [5.41, 5.74) is 3.98. The number of ether oxygens (including phenoxy) is 4. The van der Waals surface area contributed by atoms with Crippen LogP contribution in [0.2, 0.25) is 18.6 Å². The highest BCUT2D eigenvalue weighted by Crippen LogP contribution is 2.48. The molecule has 2 N–H and O–H groups in total. The lowest BCUT2D eigenvalue weighted by Gasteiger charge is -2.46. The number of aryl methyl sites for hydroxylation is 1. The zero-order chi connectivity index (χ0) is 36.8. The maximum Gasteiger partial charge on any atom is 0.255 e. The van der Waals surface area contributed by atoms with Crippen molar-refractivity contribution in [1.82, 2.24) is 15.0 Å². The van der Waals surface area contributed by atoms with Crippen molar-refractivity contribution in [3.05, 3.63) is 126 Å². The van der Waals surface area contributed by atoms with Gasteiger partial charge in [0.05, 0.1) is 46.6 Å². The molecule has 0 aliphatic carbocycles. The van der Waals surface area contributed by atoms with Gasteiger partial charge in [-0.3, -0.25) is 9.48 Å². The van der Waals surface area contributed by atoms with E-state index in [1.54, 1.807) is 45.6 Å². The summed E-state index contributed by atoms with van der Waals surface area (Å²) in [6.07, 6.45) is 2.31. The number of hydrogen-bond acceptors (Lipinski definition) is 8. The number of nitrogens with zero attached hydrogens (tertiary/aromatic N) is 3. The molecule has 1 amide bonds. The molecule has 1 aliphatic heterocycles. The number of aliphatic hydroxyl groups is 1. The van der Waals surface area contributed by atoms with Crippen LogP contribution in [-0.4, -0.2) is 68.1 Å². The molecule has 2 heterocycles. The molecule has 5 atom stereocenters. The first kappa shape index (κ1) is 36.8. The molecule has 0 saturated carbocycles. The molecule has 11 heteroatoms. The molecule has 0 bridgehead atoms. The van der Waals surface area contributed by atoms with Gasteiger partial charge in [-0.2, -0.15) is 0 Å². The molecule has 6 rings (SSSR count). The standard InChI is InChI=1S/C41H48N4O6Si/c1-27-39(50-4)34-24-30(42-41(47)29-12-15-31(48-2)16-13-29)14-21-37(34)51-40(27)38(52(5,6)33-19-17-32(49-3)18-20-33)22-23-45-25-36(43-44-45)35(26-46)28-10-8-7-9-11-28/h7-21,24-25,27,35,38-40,46H,22-23,26H2,1-6H3,(H,42,47)/t27-,35?,38?,39-,40-/m0/s1. The first-order valence-corrected chi connectivity index (χ1v) is 20.7. The number of carbonyl (C=O) groups is 1. The predicted octanol–water partition coefficient (Wildman–Crippen LogP) is 6.83. The van der Waals surface area contributed by atoms with Gasteiger partial charge in [-0.1, -0.05) is 72.9 Å². The van der Waals surface area contributed by atoms with Crippen LogP contribution in [0.3, 0.4) is 0 Å². The molecule has 0 fully saturated rings. The minimum atomic E-state index is -2.25. The average molecular weight is 721 g/mol. The second-order valence-electron chi connectivity index (χ2n) is 13.9. The number of aliphatic hydroxyl groups excluding tert-OH is 1. The topological polar surface area (TPSA) is 117 Å². The van der Waals surface area contributed by atoms with Crippen LogP contribution in [0.15, 0.2) is 103 Å². The van der Waals surface area contributed by atoms with Crippen LogP contribution in [0, 0.1) is 5.92 Å². The maximum atomic E-state index is 13.1. The summed E-state index contributed by atoms with van der Waals surface area (Å²) in [4.78, 5) is 13.1. The predicted molar refractivity (Wildman–Crippen MR) is 205 cm³/mol. The third-order valence-corrected chi connectivity index (χ3v) is 14.9. The Morgan fingerprint density at radius 3 is 2.25 bits per heavy atom. The highest BCUT2D eigenvalue weighted by molar-refractivity contribution is 6.91. The van der Waals surface area contributed by atoms with E-state index in [4.69, 9.17) is 18.9 Å². The molecule has 10 nitrogen and oxygen atoms in total. The number of rotatable bonds is 14. The molecule has 4 aromatic carbocycles. The number of hydrogen-bond donors (Lipinski definition) is 2. The first-order valence-electron chi connectivity index (χ1n) is 17.7. The highest BCUT2D eigenvalue weighted by Gasteiger charge is 2.47. The molecule has 5 aromatic rings. The van der Waals surface area contributed by atoms with Crippen molar-refractivity contribution in [2.24, 2.45) is 5.92 Å². The van der Waals surface area contributed by atoms with Gasteiger partial charge in [0, 0.05) is 42.6 Å². The van der Waals surface area contributed by atoms with E-state index in [2.05, 4.69) is 47.8 Å². The lowest BCUT2D eigenvalue weighted by molar-refractivity contribution is -0.0233. The highest BCUT2D eigenvalue weighted by atomic mass is 28.3. The lowest BCUT2D eigenvalue weighted by atomic mass is 9.86. The monoisotopic (exact) mass is 720 g/mol. The number of aromatic nitrogens is 3. The smallest absolute Gasteiger partial charge is 0.255 e. The van der Waals surface area contributed by atoms with Gasteiger partial charge < -0.3 is 29.4 Å². The number of nitrogens with one attached hydrogen (secondary N) is 1. The quantitative estimate of drug-likeness (QED) is 0.120. The summed E-state index contributed by atoms with van der Waals surface area (Å²) in [6.45, 7) is 7.56. The summed E-state index contributed by atoms with van der Waals surface area (Å²) in [7, 11) is 2.77. The van der Waals surface area contributed by atoms with Crippen LogP contribution in [0.1, 0.15) is 52.5 Å². The van der Waals surface area contributed by atoms with E-state index in [0.717, 1.165) is 34.7 Å². The molecule has 52 heavy (non-hydrogen) atoms. The van der Waals surface area contributed by atoms with Crippen LogP contribution in [0.4, 0.5) is 5.69 Å². The summed E-state index contributed by atoms with van der Waals surface area (Å²) in [5.74, 6) is 1.79. The van der Waals surface area contributed by atoms with Crippen LogP contribution < -0.4 is 24.7 Å². The van der Waals surface area contributed by atoms with Crippen molar-refractivity contribution in [2.45, 2.75) is 56.7 Å². The van der Waals surface area contributed by atoms with Gasteiger partial charge in [-0.15, -0.1) is 5.10 Å². The molecule has 272 valence electrons. The molecule has 2 unspecified atom stereocenters. The molecular weight excluding hydrogens is 673 g/mol. The normalized spacial score (nSPS) is 18.1. The van der Waals surface area contributed by atoms with E-state index in [9.17, 15) is 9.90 Å². The molecule has 0 radical (unpaired) electrons. The van der Waals surface area contributed by atoms with Gasteiger partial charge in [-0.05, 0) is 72.1 Å². The van der Waals surface area contributed by atoms with E-state index in [1.165, 1.54) is 5.19 Å². The average Bonchev–Trinajstić information content (AvgIpc) is 3.64. The Morgan fingerprint density at radius 1 is 0.942 bits per heavy atom. The van der Waals surface area contributed by atoms with E-state index in [-0.39, 0.29) is 42.1 Å². The number of carbonyl (C=O) groups excluding carboxylic acids is 1. The number of benzene rings is 4. The fourth-order valence-corrected chi connectivity index (χ4v) is 11.0. The van der Waals surface area contributed by atoms with E-state index in [0.29, 0.717) is 23.5 Å². The Bertz CT molecular complexity index is 1930. The SMILES string of the molecule is COc1ccc(C(=O)Nc2ccc3c(c2)[C@@H](OC)[C@H](C)[C@@H](C(CCn2cc(C(CO)c4ccccc4)nn2)[Si](C)(C)c2ccc(OC)cc2)O3)cc1. The van der Waals surface area contributed by atoms with Crippen molar-refractivity contribution in [3.8, 4) is 17.2 Å². The zero-order valence-corrected chi connectivity index (χ0v) is 31.7. The number of fused-ring (bicyclic) bond motifs is 1. The number of anilines is 1. The van der Waals surface area contributed by atoms with Gasteiger partial charge in [0.25, 0.3) is 5.91 Å². The van der Waals surface area contributed by atoms with E-state index in [1.807, 2.05) is 71.5 Å². The fourth-order valence-electron chi connectivity index (χ4n) is 7.48. The second kappa shape index (κ2) is 16.1. The Balaban J connectivity index is 1.28. The molecule has 1 aliphatic rings. The minimum Gasteiger partial charge on any atom is -0.497 e. The third-order valence-electron chi connectivity index (χ3n) is 10.6. The van der Waals surface area contributed by atoms with Gasteiger partial charge in [-0.25, -0.2) is 0 Å². The Hall–Kier alpha value is -4.97. The Morgan fingerprint density at radius 2 is 1.62 bits per heavy atom. The van der Waals surface area contributed by atoms with Crippen molar-refractivity contribution in [1.29, 1.82) is 0 Å². The van der Waals surface area contributed by atoms with Crippen LogP contribution >= 0.6 is 0 Å². The van der Waals surface area contributed by atoms with Gasteiger partial charge in [0.1, 0.15) is 23.4 Å². The summed E-state index contributed by atoms with van der Waals surface area (Å²) < 4.78 is 25.8. The maximum absolute atomic E-state index is 13.1. The van der Waals surface area contributed by atoms with E-state index >= 15 is 0 Å². The van der Waals surface area contributed by atoms with Crippen LogP contribution in [0.5, 0.6) is 17.2 Å². The summed E-state index contributed by atoms with van der Waals surface area (Å²) in [5, 5.41) is 23.6. The summed E-state index contributed by atoms with van der Waals surface area (Å²) >= 11 is 0. The first-order chi connectivity index (χ1) is 25.2. The van der Waals surface area contributed by atoms with Crippen LogP contribution in [-0.2, 0) is 11.3 Å². The fraction of sp³-hybridized carbons (Fsp3) is 0.341. The summed E-state index contributed by atoms with van der Waals surface area (Å²) in [6, 6.07) is 31.1. The van der Waals surface area contributed by atoms with Crippen molar-refractivity contribution >= 4 is 24.9 Å². The third kappa shape index (κ3) is 7.76. The zero-order valence-electron chi connectivity index (χ0n) is 30.7.